The van der Waals surface area contributed by atoms with Gasteiger partial charge < -0.3 is 9.05 Å². The summed E-state index contributed by atoms with van der Waals surface area (Å²) in [7, 11) is 0.320. The Bertz CT molecular complexity index is 484. The van der Waals surface area contributed by atoms with Crippen molar-refractivity contribution in [3.63, 3.8) is 0 Å². The molecule has 118 valence electrons. The highest BCUT2D eigenvalue weighted by molar-refractivity contribution is 7.42. The minimum atomic E-state index is -1.50. The minimum Gasteiger partial charge on any atom is -0.418 e. The van der Waals surface area contributed by atoms with Crippen molar-refractivity contribution in [1.29, 1.82) is 0 Å². The molecule has 0 fully saturated rings. The van der Waals surface area contributed by atoms with Crippen molar-refractivity contribution in [2.45, 2.75) is 6.42 Å². The second kappa shape index (κ2) is 9.38. The third-order valence-corrected chi connectivity index (χ3v) is 3.81. The number of hydrogen-bond acceptors (Lipinski definition) is 5. The van der Waals surface area contributed by atoms with Gasteiger partial charge in [0.1, 0.15) is 11.5 Å². The molecule has 0 aliphatic heterocycles. The van der Waals surface area contributed by atoms with Crippen LogP contribution in [0.3, 0.4) is 0 Å². The normalized spacial score (nSPS) is 10.9. The summed E-state index contributed by atoms with van der Waals surface area (Å²) in [6.45, 7) is 1.27. The fourth-order valence-corrected chi connectivity index (χ4v) is 2.67. The van der Waals surface area contributed by atoms with E-state index in [1.807, 2.05) is 67.7 Å². The summed E-state index contributed by atoms with van der Waals surface area (Å²) in [6.07, 6.45) is 0.808. The predicted octanol–water partition coefficient (Wildman–Crippen LogP) is 3.58. The van der Waals surface area contributed by atoms with Gasteiger partial charge in [-0.3, -0.25) is 15.4 Å². The number of hydrogen-bond donors (Lipinski definition) is 1. The summed E-state index contributed by atoms with van der Waals surface area (Å²) >= 11 is 0. The van der Waals surface area contributed by atoms with E-state index >= 15 is 0 Å². The van der Waals surface area contributed by atoms with Gasteiger partial charge in [0.25, 0.3) is 0 Å². The average molecular weight is 320 g/mol. The molecule has 6 heteroatoms. The van der Waals surface area contributed by atoms with E-state index in [4.69, 9.17) is 19.4 Å². The van der Waals surface area contributed by atoms with Crippen LogP contribution in [0.25, 0.3) is 0 Å². The van der Waals surface area contributed by atoms with E-state index in [0.29, 0.717) is 6.61 Å². The van der Waals surface area contributed by atoms with Crippen molar-refractivity contribution >= 4 is 8.60 Å². The first-order chi connectivity index (χ1) is 10.7. The Balaban J connectivity index is 1.91. The molecular formula is C16H21N2O3P. The van der Waals surface area contributed by atoms with Crippen LogP contribution in [0.2, 0.25) is 0 Å². The zero-order chi connectivity index (χ0) is 15.6. The lowest BCUT2D eigenvalue weighted by Gasteiger charge is -2.18. The zero-order valence-electron chi connectivity index (χ0n) is 12.6. The number of hydrazine groups is 1. The second-order valence-electron chi connectivity index (χ2n) is 4.70. The quantitative estimate of drug-likeness (QED) is 0.331. The molecule has 5 nitrogen and oxygen atoms in total. The SMILES string of the molecule is CN(N)CCCOP(Oc1ccccc1)Oc1ccccc1. The summed E-state index contributed by atoms with van der Waals surface area (Å²) < 4.78 is 17.3. The monoisotopic (exact) mass is 320 g/mol. The van der Waals surface area contributed by atoms with Gasteiger partial charge in [0.2, 0.25) is 0 Å². The highest BCUT2D eigenvalue weighted by Crippen LogP contribution is 2.41. The molecule has 0 aliphatic rings. The Kier molecular flexibility index (Phi) is 7.13. The largest absolute Gasteiger partial charge is 0.463 e. The van der Waals surface area contributed by atoms with Gasteiger partial charge in [0, 0.05) is 13.6 Å². The Hall–Kier alpha value is -1.65. The summed E-state index contributed by atoms with van der Waals surface area (Å²) in [6, 6.07) is 19.0. The van der Waals surface area contributed by atoms with Crippen LogP contribution in [-0.4, -0.2) is 25.2 Å². The maximum absolute atomic E-state index is 5.80. The topological polar surface area (TPSA) is 57.0 Å². The first-order valence-electron chi connectivity index (χ1n) is 7.09. The molecule has 2 aromatic rings. The summed E-state index contributed by atoms with van der Waals surface area (Å²) in [5.41, 5.74) is 0. The fourth-order valence-electron chi connectivity index (χ4n) is 1.66. The first kappa shape index (κ1) is 16.7. The van der Waals surface area contributed by atoms with Crippen LogP contribution >= 0.6 is 8.60 Å². The smallest absolute Gasteiger partial charge is 0.418 e. The lowest BCUT2D eigenvalue weighted by molar-refractivity contribution is 0.238. The van der Waals surface area contributed by atoms with E-state index in [1.54, 1.807) is 5.01 Å². The molecule has 0 saturated heterocycles. The van der Waals surface area contributed by atoms with E-state index in [2.05, 4.69) is 0 Å². The third kappa shape index (κ3) is 6.41. The molecule has 0 saturated carbocycles. The minimum absolute atomic E-state index is 0.521. The number of para-hydroxylation sites is 2. The van der Waals surface area contributed by atoms with Crippen LogP contribution < -0.4 is 14.9 Å². The lowest BCUT2D eigenvalue weighted by Crippen LogP contribution is -2.27. The Labute approximate surface area is 132 Å². The average Bonchev–Trinajstić information content (AvgIpc) is 2.53. The maximum atomic E-state index is 5.80. The molecule has 22 heavy (non-hydrogen) atoms. The molecule has 0 heterocycles. The van der Waals surface area contributed by atoms with Crippen molar-refractivity contribution in [2.75, 3.05) is 20.2 Å². The van der Waals surface area contributed by atoms with E-state index < -0.39 is 8.60 Å². The van der Waals surface area contributed by atoms with E-state index in [9.17, 15) is 0 Å². The third-order valence-electron chi connectivity index (χ3n) is 2.70. The van der Waals surface area contributed by atoms with Crippen molar-refractivity contribution in [3.05, 3.63) is 60.7 Å². The number of nitrogens with zero attached hydrogens (tertiary/aromatic N) is 1. The second-order valence-corrected chi connectivity index (χ2v) is 5.77. The lowest BCUT2D eigenvalue weighted by atomic mass is 10.3. The number of rotatable bonds is 9. The Morgan fingerprint density at radius 1 is 0.909 bits per heavy atom. The molecule has 0 radical (unpaired) electrons. The summed E-state index contributed by atoms with van der Waals surface area (Å²) in [4.78, 5) is 0. The highest BCUT2D eigenvalue weighted by Gasteiger charge is 2.17. The summed E-state index contributed by atoms with van der Waals surface area (Å²) in [5.74, 6) is 7.02. The molecule has 0 spiro atoms. The van der Waals surface area contributed by atoms with Gasteiger partial charge >= 0.3 is 8.60 Å². The van der Waals surface area contributed by atoms with Gasteiger partial charge in [0.05, 0.1) is 6.61 Å². The number of benzene rings is 2. The predicted molar refractivity (Wildman–Crippen MR) is 88.4 cm³/mol. The van der Waals surface area contributed by atoms with Crippen LogP contribution in [0.4, 0.5) is 0 Å². The maximum Gasteiger partial charge on any atom is 0.463 e. The highest BCUT2D eigenvalue weighted by atomic mass is 31.2. The van der Waals surface area contributed by atoms with Crippen LogP contribution in [-0.2, 0) is 4.52 Å². The molecule has 0 bridgehead atoms. The van der Waals surface area contributed by atoms with Gasteiger partial charge in [0.15, 0.2) is 0 Å². The van der Waals surface area contributed by atoms with Crippen molar-refractivity contribution in [3.8, 4) is 11.5 Å². The molecule has 0 aromatic heterocycles. The zero-order valence-corrected chi connectivity index (χ0v) is 13.5. The molecule has 0 aliphatic carbocycles. The van der Waals surface area contributed by atoms with Crippen LogP contribution in [0.15, 0.2) is 60.7 Å². The Morgan fingerprint density at radius 2 is 1.41 bits per heavy atom. The van der Waals surface area contributed by atoms with Gasteiger partial charge in [-0.15, -0.1) is 0 Å². The number of nitrogens with two attached hydrogens (primary N) is 1. The fraction of sp³-hybridized carbons (Fsp3) is 0.250. The van der Waals surface area contributed by atoms with Gasteiger partial charge in [-0.2, -0.15) is 0 Å². The van der Waals surface area contributed by atoms with Crippen molar-refractivity contribution in [1.82, 2.24) is 5.01 Å². The molecule has 2 rings (SSSR count). The van der Waals surface area contributed by atoms with Crippen LogP contribution in [0.5, 0.6) is 11.5 Å². The van der Waals surface area contributed by atoms with Gasteiger partial charge in [-0.1, -0.05) is 36.4 Å². The molecular weight excluding hydrogens is 299 g/mol. The molecule has 2 N–H and O–H groups in total. The van der Waals surface area contributed by atoms with Gasteiger partial charge in [-0.05, 0) is 30.7 Å². The Morgan fingerprint density at radius 3 is 1.86 bits per heavy atom. The molecule has 0 amide bonds. The van der Waals surface area contributed by atoms with Crippen LogP contribution in [0.1, 0.15) is 6.42 Å². The molecule has 2 aromatic carbocycles. The van der Waals surface area contributed by atoms with Gasteiger partial charge in [-0.25, -0.2) is 0 Å². The standard InChI is InChI=1S/C16H21N2O3P/c1-18(17)13-8-14-19-22(20-15-9-4-2-5-10-15)21-16-11-6-3-7-12-16/h2-7,9-12H,8,13-14,17H2,1H3. The van der Waals surface area contributed by atoms with E-state index in [0.717, 1.165) is 24.5 Å². The van der Waals surface area contributed by atoms with E-state index in [-0.39, 0.29) is 0 Å². The van der Waals surface area contributed by atoms with Crippen LogP contribution in [0, 0.1) is 0 Å². The first-order valence-corrected chi connectivity index (χ1v) is 8.18. The molecule has 0 atom stereocenters. The molecule has 0 unspecified atom stereocenters. The van der Waals surface area contributed by atoms with Crippen molar-refractivity contribution in [2.24, 2.45) is 5.84 Å². The summed E-state index contributed by atoms with van der Waals surface area (Å²) in [5, 5.41) is 1.63. The van der Waals surface area contributed by atoms with Crippen molar-refractivity contribution < 1.29 is 13.6 Å². The van der Waals surface area contributed by atoms with E-state index in [1.165, 1.54) is 0 Å².